The smallest absolute Gasteiger partial charge is 0.305 e. The first-order valence-electron chi connectivity index (χ1n) is 38.4. The van der Waals surface area contributed by atoms with Crippen molar-refractivity contribution in [1.82, 2.24) is 5.32 Å². The zero-order chi connectivity index (χ0) is 59.9. The molecule has 0 aliphatic carbocycles. The second-order valence-electron chi connectivity index (χ2n) is 26.7. The average Bonchev–Trinajstić information content (AvgIpc) is 3.50. The fourth-order valence-electron chi connectivity index (χ4n) is 12.5. The van der Waals surface area contributed by atoms with E-state index in [9.17, 15) is 19.8 Å². The molecule has 1 amide bonds. The molecule has 494 valence electrons. The number of ether oxygens (including phenoxy) is 1. The molecule has 83 heavy (non-hydrogen) atoms. The Labute approximate surface area is 520 Å². The summed E-state index contributed by atoms with van der Waals surface area (Å²) in [6, 6.07) is -0.536. The second kappa shape index (κ2) is 73.1. The summed E-state index contributed by atoms with van der Waals surface area (Å²) in [5, 5.41) is 23.2. The number of unbranched alkanes of at least 4 members (excludes halogenated alkanes) is 60. The number of esters is 1. The zero-order valence-corrected chi connectivity index (χ0v) is 56.7. The van der Waals surface area contributed by atoms with Gasteiger partial charge >= 0.3 is 5.97 Å². The molecule has 2 atom stereocenters. The van der Waals surface area contributed by atoms with Gasteiger partial charge in [-0.25, -0.2) is 0 Å². The molecule has 0 bridgehead atoms. The van der Waals surface area contributed by atoms with E-state index in [-0.39, 0.29) is 18.5 Å². The lowest BCUT2D eigenvalue weighted by molar-refractivity contribution is -0.143. The van der Waals surface area contributed by atoms with E-state index in [4.69, 9.17) is 4.74 Å². The predicted molar refractivity (Wildman–Crippen MR) is 366 cm³/mol. The molecule has 0 aromatic heterocycles. The molecule has 0 aliphatic heterocycles. The molecular weight excluding hydrogens is 1020 g/mol. The Hall–Kier alpha value is -1.40. The quantitative estimate of drug-likeness (QED) is 0.0320. The van der Waals surface area contributed by atoms with Crippen molar-refractivity contribution in [3.05, 3.63) is 12.2 Å². The van der Waals surface area contributed by atoms with Gasteiger partial charge in [0.25, 0.3) is 0 Å². The summed E-state index contributed by atoms with van der Waals surface area (Å²) in [6.45, 7) is 4.99. The van der Waals surface area contributed by atoms with E-state index in [1.54, 1.807) is 0 Å². The summed E-state index contributed by atoms with van der Waals surface area (Å²) in [4.78, 5) is 24.6. The molecule has 0 aliphatic rings. The number of hydrogen-bond donors (Lipinski definition) is 3. The van der Waals surface area contributed by atoms with Crippen molar-refractivity contribution >= 4 is 11.9 Å². The van der Waals surface area contributed by atoms with Crippen LogP contribution in [0.1, 0.15) is 444 Å². The van der Waals surface area contributed by atoms with E-state index in [0.29, 0.717) is 25.9 Å². The number of carbonyl (C=O) groups excluding carboxylic acids is 2. The third-order valence-electron chi connectivity index (χ3n) is 18.3. The highest BCUT2D eigenvalue weighted by molar-refractivity contribution is 5.76. The number of allylic oxidation sites excluding steroid dienone is 2. The standard InChI is InChI=1S/C77H151NO5/c1-3-5-7-9-11-13-15-16-17-18-38-42-45-48-51-55-59-63-67-71-77(82)83-72-68-64-60-56-52-49-46-43-40-37-35-33-31-29-27-25-23-21-19-20-22-24-26-28-30-32-34-36-39-41-44-47-50-54-58-62-66-70-76(81)78-74(73-79)75(80)69-65-61-57-53-14-12-10-8-6-4-2/h19,21,74-75,79-80H,3-18,20,22-73H2,1-2H3,(H,78,81)/b21-19-. The van der Waals surface area contributed by atoms with Crippen molar-refractivity contribution in [2.24, 2.45) is 0 Å². The summed E-state index contributed by atoms with van der Waals surface area (Å²) in [6.07, 6.45) is 91.7. The van der Waals surface area contributed by atoms with E-state index in [2.05, 4.69) is 31.3 Å². The Morgan fingerprint density at radius 1 is 0.325 bits per heavy atom. The van der Waals surface area contributed by atoms with Crippen molar-refractivity contribution in [3.8, 4) is 0 Å². The van der Waals surface area contributed by atoms with Gasteiger partial charge in [-0.1, -0.05) is 392 Å². The molecule has 0 saturated heterocycles. The van der Waals surface area contributed by atoms with Gasteiger partial charge in [0.15, 0.2) is 0 Å². The monoisotopic (exact) mass is 1170 g/mol. The Bertz CT molecular complexity index is 1260. The number of amides is 1. The van der Waals surface area contributed by atoms with Crippen LogP contribution in [0.4, 0.5) is 0 Å². The number of aliphatic hydroxyl groups is 2. The minimum absolute atomic E-state index is 0.0273. The van der Waals surface area contributed by atoms with Crippen molar-refractivity contribution in [2.45, 2.75) is 456 Å². The van der Waals surface area contributed by atoms with Gasteiger partial charge in [-0.05, 0) is 51.4 Å². The number of aliphatic hydroxyl groups excluding tert-OH is 2. The lowest BCUT2D eigenvalue weighted by Gasteiger charge is -2.22. The SMILES string of the molecule is CCCCCCCCCCCCCCCCCCCCCC(=O)OCCCCCCCCCCCCCCCCCC/C=C\CCCCCCCCCCCCCCCCCCCC(=O)NC(CO)C(O)CCCCCCCCCCCC. The number of hydrogen-bond acceptors (Lipinski definition) is 5. The molecule has 6 heteroatoms. The maximum absolute atomic E-state index is 12.5. The highest BCUT2D eigenvalue weighted by atomic mass is 16.5. The van der Waals surface area contributed by atoms with Gasteiger partial charge in [0.1, 0.15) is 0 Å². The van der Waals surface area contributed by atoms with E-state index in [0.717, 1.165) is 38.5 Å². The van der Waals surface area contributed by atoms with Crippen molar-refractivity contribution in [1.29, 1.82) is 0 Å². The molecule has 0 rings (SSSR count). The van der Waals surface area contributed by atoms with Gasteiger partial charge in [-0.15, -0.1) is 0 Å². The maximum Gasteiger partial charge on any atom is 0.305 e. The molecule has 6 nitrogen and oxygen atoms in total. The van der Waals surface area contributed by atoms with Crippen LogP contribution in [-0.2, 0) is 14.3 Å². The first-order chi connectivity index (χ1) is 41.0. The highest BCUT2D eigenvalue weighted by Crippen LogP contribution is 2.20. The summed E-state index contributed by atoms with van der Waals surface area (Å²) in [5.41, 5.74) is 0. The van der Waals surface area contributed by atoms with Crippen LogP contribution in [0.3, 0.4) is 0 Å². The maximum atomic E-state index is 12.5. The number of rotatable bonds is 73. The zero-order valence-electron chi connectivity index (χ0n) is 56.7. The first-order valence-corrected chi connectivity index (χ1v) is 38.4. The first kappa shape index (κ1) is 81.6. The lowest BCUT2D eigenvalue weighted by atomic mass is 10.0. The van der Waals surface area contributed by atoms with Crippen LogP contribution >= 0.6 is 0 Å². The molecular formula is C77H151NO5. The Morgan fingerprint density at radius 3 is 0.855 bits per heavy atom. The van der Waals surface area contributed by atoms with E-state index < -0.39 is 12.1 Å². The van der Waals surface area contributed by atoms with Crippen LogP contribution in [0, 0.1) is 0 Å². The van der Waals surface area contributed by atoms with E-state index >= 15 is 0 Å². The summed E-state index contributed by atoms with van der Waals surface area (Å²) >= 11 is 0. The van der Waals surface area contributed by atoms with Crippen molar-refractivity contribution in [3.63, 3.8) is 0 Å². The van der Waals surface area contributed by atoms with Crippen LogP contribution in [0.25, 0.3) is 0 Å². The summed E-state index contributed by atoms with van der Waals surface area (Å²) in [5.74, 6) is -0.00285. The van der Waals surface area contributed by atoms with Gasteiger partial charge in [0.05, 0.1) is 25.4 Å². The fourth-order valence-corrected chi connectivity index (χ4v) is 12.5. The molecule has 2 unspecified atom stereocenters. The lowest BCUT2D eigenvalue weighted by Crippen LogP contribution is -2.45. The molecule has 0 fully saturated rings. The van der Waals surface area contributed by atoms with Gasteiger partial charge in [-0.3, -0.25) is 9.59 Å². The van der Waals surface area contributed by atoms with Gasteiger partial charge < -0.3 is 20.3 Å². The van der Waals surface area contributed by atoms with Crippen LogP contribution in [-0.4, -0.2) is 47.4 Å². The molecule has 3 N–H and O–H groups in total. The van der Waals surface area contributed by atoms with E-state index in [1.165, 1.54) is 372 Å². The Kier molecular flexibility index (Phi) is 71.8. The van der Waals surface area contributed by atoms with E-state index in [1.807, 2.05) is 0 Å². The normalized spacial score (nSPS) is 12.5. The fraction of sp³-hybridized carbons (Fsp3) is 0.948. The Balaban J connectivity index is 3.28. The van der Waals surface area contributed by atoms with Gasteiger partial charge in [-0.2, -0.15) is 0 Å². The van der Waals surface area contributed by atoms with Crippen LogP contribution in [0.5, 0.6) is 0 Å². The van der Waals surface area contributed by atoms with Crippen LogP contribution < -0.4 is 5.32 Å². The summed E-state index contributed by atoms with van der Waals surface area (Å²) in [7, 11) is 0. The number of nitrogens with one attached hydrogen (secondary N) is 1. The third kappa shape index (κ3) is 69.6. The topological polar surface area (TPSA) is 95.9 Å². The second-order valence-corrected chi connectivity index (χ2v) is 26.7. The average molecular weight is 1170 g/mol. The van der Waals surface area contributed by atoms with Crippen molar-refractivity contribution in [2.75, 3.05) is 13.2 Å². The molecule has 0 aromatic carbocycles. The largest absolute Gasteiger partial charge is 0.466 e. The minimum atomic E-state index is -0.659. The Morgan fingerprint density at radius 2 is 0.566 bits per heavy atom. The number of carbonyl (C=O) groups is 2. The van der Waals surface area contributed by atoms with Crippen LogP contribution in [0.2, 0.25) is 0 Å². The predicted octanol–water partition coefficient (Wildman–Crippen LogP) is 25.1. The van der Waals surface area contributed by atoms with Gasteiger partial charge in [0.2, 0.25) is 5.91 Å². The van der Waals surface area contributed by atoms with Gasteiger partial charge in [0, 0.05) is 12.8 Å². The van der Waals surface area contributed by atoms with Crippen LogP contribution in [0.15, 0.2) is 12.2 Å². The molecule has 0 heterocycles. The molecule has 0 saturated carbocycles. The molecule has 0 spiro atoms. The molecule has 0 aromatic rings. The van der Waals surface area contributed by atoms with Crippen molar-refractivity contribution < 1.29 is 24.5 Å². The molecule has 0 radical (unpaired) electrons. The minimum Gasteiger partial charge on any atom is -0.466 e. The summed E-state index contributed by atoms with van der Waals surface area (Å²) < 4.78 is 5.52. The third-order valence-corrected chi connectivity index (χ3v) is 18.3. The highest BCUT2D eigenvalue weighted by Gasteiger charge is 2.20.